The number of benzene rings is 2. The maximum Gasteiger partial charge on any atom is 0.446 e. The van der Waals surface area contributed by atoms with Crippen molar-refractivity contribution in [3.63, 3.8) is 0 Å². The van der Waals surface area contributed by atoms with E-state index >= 15 is 0 Å². The second-order valence-electron chi connectivity index (χ2n) is 5.57. The van der Waals surface area contributed by atoms with Crippen molar-refractivity contribution in [2.24, 2.45) is 10.2 Å². The summed E-state index contributed by atoms with van der Waals surface area (Å²) in [5.41, 5.74) is 2.60. The van der Waals surface area contributed by atoms with Crippen LogP contribution in [-0.4, -0.2) is 32.5 Å². The molecule has 0 aliphatic carbocycles. The van der Waals surface area contributed by atoms with Crippen molar-refractivity contribution in [1.29, 1.82) is 0 Å². The molecule has 8 nitrogen and oxygen atoms in total. The summed E-state index contributed by atoms with van der Waals surface area (Å²) >= 11 is 0. The van der Waals surface area contributed by atoms with Gasteiger partial charge in [0.1, 0.15) is 12.4 Å². The molecule has 2 aromatic carbocycles. The molecule has 0 aliphatic rings. The third kappa shape index (κ3) is 5.19. The lowest BCUT2D eigenvalue weighted by Gasteiger charge is -2.11. The zero-order valence-electron chi connectivity index (χ0n) is 14.6. The van der Waals surface area contributed by atoms with Gasteiger partial charge in [0, 0.05) is 11.1 Å². The van der Waals surface area contributed by atoms with Crippen LogP contribution in [0.1, 0.15) is 27.0 Å². The molecule has 0 unspecified atom stereocenters. The molecule has 138 valence electrons. The molecule has 9 heteroatoms. The van der Waals surface area contributed by atoms with Gasteiger partial charge < -0.3 is 4.18 Å². The van der Waals surface area contributed by atoms with Crippen LogP contribution in [0, 0.1) is 13.8 Å². The average Bonchev–Trinajstić information content (AvgIpc) is 2.53. The van der Waals surface area contributed by atoms with E-state index in [1.165, 1.54) is 12.1 Å². The molecule has 0 radical (unpaired) electrons. The second-order valence-corrected chi connectivity index (χ2v) is 6.59. The number of nitrogens with zero attached hydrogens (tertiary/aromatic N) is 2. The second kappa shape index (κ2) is 8.17. The molecule has 2 N–H and O–H groups in total. The fourth-order valence-electron chi connectivity index (χ4n) is 2.46. The first-order valence-corrected chi connectivity index (χ1v) is 9.03. The predicted octanol–water partition coefficient (Wildman–Crippen LogP) is 2.98. The molecule has 26 heavy (non-hydrogen) atoms. The minimum Gasteiger partial charge on any atom is -0.362 e. The van der Waals surface area contributed by atoms with Crippen molar-refractivity contribution in [3.8, 4) is 5.75 Å². The molecule has 0 saturated heterocycles. The number of ketones is 1. The highest BCUT2D eigenvalue weighted by Gasteiger charge is 2.17. The van der Waals surface area contributed by atoms with Crippen molar-refractivity contribution in [2.45, 2.75) is 13.8 Å². The molecule has 0 heterocycles. The molecule has 0 fully saturated rings. The number of carbonyl (C=O) groups is 1. The summed E-state index contributed by atoms with van der Waals surface area (Å²) in [6, 6.07) is 9.44. The lowest BCUT2D eigenvalue weighted by Crippen LogP contribution is -2.10. The Morgan fingerprint density at radius 3 is 2.23 bits per heavy atom. The van der Waals surface area contributed by atoms with Crippen LogP contribution in [0.25, 0.3) is 0 Å². The molecule has 2 aromatic rings. The van der Waals surface area contributed by atoms with Gasteiger partial charge in [-0.25, -0.2) is 0 Å². The smallest absolute Gasteiger partial charge is 0.362 e. The summed E-state index contributed by atoms with van der Waals surface area (Å²) in [6.45, 7) is 3.73. The lowest BCUT2D eigenvalue weighted by atomic mass is 9.94. The summed E-state index contributed by atoms with van der Waals surface area (Å²) in [4.78, 5) is 12.8. The first-order chi connectivity index (χ1) is 12.2. The number of hydrogen-bond donors (Lipinski definition) is 2. The highest BCUT2D eigenvalue weighted by Crippen LogP contribution is 2.26. The summed E-state index contributed by atoms with van der Waals surface area (Å²) in [5, 5.41) is 10.8. The maximum absolute atomic E-state index is 12.8. The van der Waals surface area contributed by atoms with Crippen LogP contribution >= 0.6 is 0 Å². The monoisotopic (exact) mass is 377 g/mol. The number of carbonyl (C=O) groups excluding carboxylic acids is 1. The molecule has 0 amide bonds. The quantitative estimate of drug-likeness (QED) is 0.435. The van der Waals surface area contributed by atoms with E-state index in [4.69, 9.17) is 4.55 Å². The third-order valence-corrected chi connectivity index (χ3v) is 3.88. The number of nitrogens with one attached hydrogen (secondary N) is 1. The molecule has 0 aromatic heterocycles. The molecule has 0 spiro atoms. The van der Waals surface area contributed by atoms with Crippen molar-refractivity contribution in [2.75, 3.05) is 13.7 Å². The summed E-state index contributed by atoms with van der Waals surface area (Å²) in [5.74, 6) is -0.267. The van der Waals surface area contributed by atoms with E-state index in [2.05, 4.69) is 19.7 Å². The summed E-state index contributed by atoms with van der Waals surface area (Å²) < 4.78 is 34.9. The van der Waals surface area contributed by atoms with Crippen molar-refractivity contribution in [1.82, 2.24) is 5.32 Å². The van der Waals surface area contributed by atoms with Gasteiger partial charge >= 0.3 is 10.4 Å². The molecule has 0 aliphatic heterocycles. The first kappa shape index (κ1) is 19.7. The van der Waals surface area contributed by atoms with Crippen LogP contribution in [0.5, 0.6) is 5.75 Å². The van der Waals surface area contributed by atoms with Crippen molar-refractivity contribution < 1.29 is 21.9 Å². The standard InChI is InChI=1S/C17H19N3O5S/c1-11-8-15(25-26(22,23)24)9-12(2)16(11)17(21)13-4-6-14(7-5-13)20-19-10-18-3/h4-9,18H,10H2,1-3H3,(H,22,23,24). The summed E-state index contributed by atoms with van der Waals surface area (Å²) in [6.07, 6.45) is 0. The Morgan fingerprint density at radius 2 is 1.73 bits per heavy atom. The SMILES string of the molecule is CNCN=Nc1ccc(C(=O)c2c(C)cc(OS(=O)(=O)O)cc2C)cc1. The minimum atomic E-state index is -4.62. The van der Waals surface area contributed by atoms with Gasteiger partial charge in [-0.3, -0.25) is 14.7 Å². The van der Waals surface area contributed by atoms with Crippen LogP contribution in [-0.2, 0) is 10.4 Å². The van der Waals surface area contributed by atoms with Gasteiger partial charge in [0.05, 0.1) is 5.69 Å². The van der Waals surface area contributed by atoms with E-state index in [9.17, 15) is 13.2 Å². The maximum atomic E-state index is 12.8. The van der Waals surface area contributed by atoms with E-state index in [0.29, 0.717) is 34.6 Å². The van der Waals surface area contributed by atoms with E-state index in [0.717, 1.165) is 0 Å². The van der Waals surface area contributed by atoms with Gasteiger partial charge in [-0.2, -0.15) is 18.6 Å². The van der Waals surface area contributed by atoms with Crippen LogP contribution < -0.4 is 9.50 Å². The Hall–Kier alpha value is -2.62. The van der Waals surface area contributed by atoms with Crippen LogP contribution in [0.2, 0.25) is 0 Å². The molecular weight excluding hydrogens is 358 g/mol. The van der Waals surface area contributed by atoms with E-state index in [1.807, 2.05) is 0 Å². The molecule has 2 rings (SSSR count). The van der Waals surface area contributed by atoms with Crippen LogP contribution in [0.4, 0.5) is 5.69 Å². The normalized spacial score (nSPS) is 11.7. The van der Waals surface area contributed by atoms with Gasteiger partial charge in [0.25, 0.3) is 0 Å². The van der Waals surface area contributed by atoms with Gasteiger partial charge in [-0.1, -0.05) is 0 Å². The Bertz CT molecular complexity index is 914. The van der Waals surface area contributed by atoms with E-state index in [1.54, 1.807) is 45.2 Å². The van der Waals surface area contributed by atoms with Gasteiger partial charge in [-0.15, -0.1) is 0 Å². The third-order valence-electron chi connectivity index (χ3n) is 3.48. The molecule has 0 saturated carbocycles. The van der Waals surface area contributed by atoms with Gasteiger partial charge in [0.15, 0.2) is 5.78 Å². The summed E-state index contributed by atoms with van der Waals surface area (Å²) in [7, 11) is -2.86. The molecule has 0 bridgehead atoms. The van der Waals surface area contributed by atoms with E-state index < -0.39 is 10.4 Å². The topological polar surface area (TPSA) is 117 Å². The zero-order valence-corrected chi connectivity index (χ0v) is 15.4. The van der Waals surface area contributed by atoms with Crippen LogP contribution in [0.15, 0.2) is 46.6 Å². The zero-order chi connectivity index (χ0) is 19.3. The van der Waals surface area contributed by atoms with Crippen molar-refractivity contribution in [3.05, 3.63) is 58.7 Å². The number of aryl methyl sites for hydroxylation is 2. The molecular formula is C17H19N3O5S. The number of hydrogen-bond acceptors (Lipinski definition) is 7. The molecule has 0 atom stereocenters. The Balaban J connectivity index is 2.29. The number of rotatable bonds is 7. The van der Waals surface area contributed by atoms with Gasteiger partial charge in [0.2, 0.25) is 0 Å². The fourth-order valence-corrected chi connectivity index (χ4v) is 2.80. The average molecular weight is 377 g/mol. The van der Waals surface area contributed by atoms with Crippen LogP contribution in [0.3, 0.4) is 0 Å². The van der Waals surface area contributed by atoms with Gasteiger partial charge in [-0.05, 0) is 68.4 Å². The highest BCUT2D eigenvalue weighted by atomic mass is 32.3. The van der Waals surface area contributed by atoms with Crippen molar-refractivity contribution >= 4 is 21.9 Å². The number of azo groups is 1. The highest BCUT2D eigenvalue weighted by molar-refractivity contribution is 7.81. The Labute approximate surface area is 151 Å². The first-order valence-electron chi connectivity index (χ1n) is 7.66. The Morgan fingerprint density at radius 1 is 1.15 bits per heavy atom. The Kier molecular flexibility index (Phi) is 6.19. The van der Waals surface area contributed by atoms with E-state index in [-0.39, 0.29) is 11.5 Å². The fraction of sp³-hybridized carbons (Fsp3) is 0.235. The lowest BCUT2D eigenvalue weighted by molar-refractivity contribution is 0.103. The minimum absolute atomic E-state index is 0.0562. The predicted molar refractivity (Wildman–Crippen MR) is 96.4 cm³/mol. The largest absolute Gasteiger partial charge is 0.446 e.